The van der Waals surface area contributed by atoms with Gasteiger partial charge in [-0.25, -0.2) is 4.98 Å². The van der Waals surface area contributed by atoms with Crippen LogP contribution in [0.2, 0.25) is 0 Å². The van der Waals surface area contributed by atoms with Gasteiger partial charge < -0.3 is 15.4 Å². The van der Waals surface area contributed by atoms with Crippen LogP contribution in [-0.2, 0) is 4.74 Å². The van der Waals surface area contributed by atoms with Gasteiger partial charge in [-0.05, 0) is 18.1 Å². The Morgan fingerprint density at radius 1 is 1.30 bits per heavy atom. The highest BCUT2D eigenvalue weighted by atomic mass is 16.5. The molecule has 0 aromatic carbocycles. The van der Waals surface area contributed by atoms with E-state index in [-0.39, 0.29) is 0 Å². The summed E-state index contributed by atoms with van der Waals surface area (Å²) in [5, 5.41) is 0. The zero-order valence-electron chi connectivity index (χ0n) is 12.5. The number of aromatic nitrogens is 1. The molecule has 0 bridgehead atoms. The number of hydrogen-bond acceptors (Lipinski definition) is 5. The zero-order chi connectivity index (χ0) is 14.4. The number of hydrogen-bond donors (Lipinski definition) is 1. The summed E-state index contributed by atoms with van der Waals surface area (Å²) in [6.07, 6.45) is 1.85. The predicted octanol–water partition coefficient (Wildman–Crippen LogP) is 0.813. The van der Waals surface area contributed by atoms with Gasteiger partial charge in [0.25, 0.3) is 0 Å². The number of pyridine rings is 1. The second-order valence-corrected chi connectivity index (χ2v) is 5.45. The van der Waals surface area contributed by atoms with Crippen molar-refractivity contribution in [1.82, 2.24) is 9.88 Å². The van der Waals surface area contributed by atoms with E-state index in [2.05, 4.69) is 27.8 Å². The van der Waals surface area contributed by atoms with Crippen LogP contribution in [0.15, 0.2) is 24.4 Å². The first-order valence-electron chi connectivity index (χ1n) is 7.35. The van der Waals surface area contributed by atoms with E-state index < -0.39 is 0 Å². The lowest BCUT2D eigenvalue weighted by atomic mass is 10.0. The Hall–Kier alpha value is -1.17. The van der Waals surface area contributed by atoms with Crippen molar-refractivity contribution in [2.24, 2.45) is 11.7 Å². The van der Waals surface area contributed by atoms with E-state index in [4.69, 9.17) is 10.5 Å². The van der Waals surface area contributed by atoms with Crippen LogP contribution in [0, 0.1) is 5.92 Å². The third-order valence-corrected chi connectivity index (χ3v) is 4.08. The second kappa shape index (κ2) is 7.57. The Labute approximate surface area is 121 Å². The first-order chi connectivity index (χ1) is 9.76. The maximum Gasteiger partial charge on any atom is 0.128 e. The van der Waals surface area contributed by atoms with Crippen molar-refractivity contribution >= 4 is 5.82 Å². The van der Waals surface area contributed by atoms with Crippen LogP contribution in [0.1, 0.15) is 6.92 Å². The van der Waals surface area contributed by atoms with Crippen LogP contribution in [0.25, 0.3) is 0 Å². The van der Waals surface area contributed by atoms with Gasteiger partial charge in [0.2, 0.25) is 0 Å². The topological polar surface area (TPSA) is 54.6 Å². The molecule has 0 aliphatic carbocycles. The molecule has 0 radical (unpaired) electrons. The Morgan fingerprint density at radius 2 is 2.05 bits per heavy atom. The number of ether oxygens (including phenoxy) is 1. The van der Waals surface area contributed by atoms with E-state index in [1.807, 2.05) is 18.3 Å². The monoisotopic (exact) mass is 278 g/mol. The summed E-state index contributed by atoms with van der Waals surface area (Å²) in [6, 6.07) is 6.47. The smallest absolute Gasteiger partial charge is 0.128 e. The molecule has 1 fully saturated rings. The summed E-state index contributed by atoms with van der Waals surface area (Å²) in [4.78, 5) is 9.25. The maximum absolute atomic E-state index is 5.96. The molecule has 5 heteroatoms. The predicted molar refractivity (Wildman–Crippen MR) is 81.9 cm³/mol. The summed E-state index contributed by atoms with van der Waals surface area (Å²) in [5.74, 6) is 1.53. The maximum atomic E-state index is 5.96. The number of anilines is 1. The summed E-state index contributed by atoms with van der Waals surface area (Å²) >= 11 is 0. The quantitative estimate of drug-likeness (QED) is 0.835. The number of methoxy groups -OCH3 is 1. The Morgan fingerprint density at radius 3 is 2.60 bits per heavy atom. The molecular weight excluding hydrogens is 252 g/mol. The first-order valence-corrected chi connectivity index (χ1v) is 7.35. The molecule has 2 atom stereocenters. The second-order valence-electron chi connectivity index (χ2n) is 5.45. The lowest BCUT2D eigenvalue weighted by Crippen LogP contribution is -2.55. The number of nitrogens with two attached hydrogens (primary N) is 1. The molecule has 1 aromatic heterocycles. The van der Waals surface area contributed by atoms with Crippen LogP contribution >= 0.6 is 0 Å². The molecule has 0 spiro atoms. The van der Waals surface area contributed by atoms with E-state index in [0.29, 0.717) is 18.5 Å². The molecule has 20 heavy (non-hydrogen) atoms. The van der Waals surface area contributed by atoms with Crippen molar-refractivity contribution in [1.29, 1.82) is 0 Å². The van der Waals surface area contributed by atoms with Crippen LogP contribution in [0.5, 0.6) is 0 Å². The molecule has 1 aliphatic rings. The van der Waals surface area contributed by atoms with Crippen molar-refractivity contribution in [3.8, 4) is 0 Å². The van der Waals surface area contributed by atoms with Gasteiger partial charge in [-0.1, -0.05) is 13.0 Å². The van der Waals surface area contributed by atoms with E-state index in [9.17, 15) is 0 Å². The van der Waals surface area contributed by atoms with Gasteiger partial charge in [0.15, 0.2) is 0 Å². The minimum Gasteiger partial charge on any atom is -0.384 e. The Bertz CT molecular complexity index is 379. The van der Waals surface area contributed by atoms with Gasteiger partial charge in [-0.2, -0.15) is 0 Å². The lowest BCUT2D eigenvalue weighted by molar-refractivity contribution is 0.0815. The van der Waals surface area contributed by atoms with Crippen LogP contribution in [0.3, 0.4) is 0 Å². The van der Waals surface area contributed by atoms with Gasteiger partial charge in [0, 0.05) is 52.1 Å². The standard InChI is InChI=1S/C15H26N4O/c1-13(12-20-2)14(11-16)18-7-9-19(10-8-18)15-5-3-4-6-17-15/h3-6,13-14H,7-12,16H2,1-2H3. The molecule has 2 heterocycles. The molecule has 112 valence electrons. The largest absolute Gasteiger partial charge is 0.384 e. The molecule has 5 nitrogen and oxygen atoms in total. The number of rotatable bonds is 6. The number of nitrogens with zero attached hydrogens (tertiary/aromatic N) is 3. The Kier molecular flexibility index (Phi) is 5.76. The van der Waals surface area contributed by atoms with E-state index in [0.717, 1.165) is 38.6 Å². The minimum atomic E-state index is 0.404. The highest BCUT2D eigenvalue weighted by molar-refractivity contribution is 5.38. The van der Waals surface area contributed by atoms with E-state index in [1.165, 1.54) is 0 Å². The molecule has 0 amide bonds. The van der Waals surface area contributed by atoms with Crippen molar-refractivity contribution < 1.29 is 4.74 Å². The lowest BCUT2D eigenvalue weighted by Gasteiger charge is -2.41. The van der Waals surface area contributed by atoms with E-state index in [1.54, 1.807) is 7.11 Å². The summed E-state index contributed by atoms with van der Waals surface area (Å²) in [5.41, 5.74) is 5.96. The highest BCUT2D eigenvalue weighted by Gasteiger charge is 2.27. The fourth-order valence-electron chi connectivity index (χ4n) is 2.94. The SMILES string of the molecule is COCC(C)C(CN)N1CCN(c2ccccn2)CC1. The molecule has 1 aromatic rings. The summed E-state index contributed by atoms with van der Waals surface area (Å²) in [6.45, 7) is 7.75. The van der Waals surface area contributed by atoms with Crippen molar-refractivity contribution in [2.45, 2.75) is 13.0 Å². The van der Waals surface area contributed by atoms with Crippen molar-refractivity contribution in [3.63, 3.8) is 0 Å². The Balaban J connectivity index is 1.90. The van der Waals surface area contributed by atoms with Gasteiger partial charge >= 0.3 is 0 Å². The minimum absolute atomic E-state index is 0.404. The fraction of sp³-hybridized carbons (Fsp3) is 0.667. The molecule has 2 unspecified atom stereocenters. The molecule has 1 saturated heterocycles. The van der Waals surface area contributed by atoms with Crippen molar-refractivity contribution in [2.75, 3.05) is 51.3 Å². The summed E-state index contributed by atoms with van der Waals surface area (Å²) < 4.78 is 5.27. The molecule has 2 rings (SSSR count). The summed E-state index contributed by atoms with van der Waals surface area (Å²) in [7, 11) is 1.75. The van der Waals surface area contributed by atoms with Gasteiger partial charge in [-0.15, -0.1) is 0 Å². The fourth-order valence-corrected chi connectivity index (χ4v) is 2.94. The molecule has 1 aliphatic heterocycles. The average molecular weight is 278 g/mol. The molecule has 0 saturated carbocycles. The van der Waals surface area contributed by atoms with E-state index >= 15 is 0 Å². The van der Waals surface area contributed by atoms with Crippen LogP contribution in [0.4, 0.5) is 5.82 Å². The van der Waals surface area contributed by atoms with Crippen LogP contribution in [-0.4, -0.2) is 62.4 Å². The molecule has 2 N–H and O–H groups in total. The normalized spacial score (nSPS) is 19.9. The van der Waals surface area contributed by atoms with Gasteiger partial charge in [0.1, 0.15) is 5.82 Å². The highest BCUT2D eigenvalue weighted by Crippen LogP contribution is 2.17. The van der Waals surface area contributed by atoms with Gasteiger partial charge in [-0.3, -0.25) is 4.90 Å². The zero-order valence-corrected chi connectivity index (χ0v) is 12.5. The van der Waals surface area contributed by atoms with Crippen molar-refractivity contribution in [3.05, 3.63) is 24.4 Å². The number of piperazine rings is 1. The first kappa shape index (κ1) is 15.2. The molecular formula is C15H26N4O. The van der Waals surface area contributed by atoms with Gasteiger partial charge in [0.05, 0.1) is 6.61 Å². The van der Waals surface area contributed by atoms with Crippen LogP contribution < -0.4 is 10.6 Å². The third kappa shape index (κ3) is 3.69. The third-order valence-electron chi connectivity index (χ3n) is 4.08. The average Bonchev–Trinajstić information content (AvgIpc) is 2.50.